The highest BCUT2D eigenvalue weighted by Crippen LogP contribution is 2.10. The summed E-state index contributed by atoms with van der Waals surface area (Å²) in [5, 5.41) is 11.1. The molecule has 13 heavy (non-hydrogen) atoms. The summed E-state index contributed by atoms with van der Waals surface area (Å²) >= 11 is 0. The Morgan fingerprint density at radius 3 is 2.85 bits per heavy atom. The molecule has 1 amide bonds. The molecule has 0 saturated carbocycles. The van der Waals surface area contributed by atoms with Gasteiger partial charge in [-0.15, -0.1) is 0 Å². The van der Waals surface area contributed by atoms with Crippen molar-refractivity contribution in [3.05, 3.63) is 0 Å². The highest BCUT2D eigenvalue weighted by molar-refractivity contribution is 5.76. The van der Waals surface area contributed by atoms with Gasteiger partial charge in [-0.2, -0.15) is 0 Å². The van der Waals surface area contributed by atoms with Crippen LogP contribution in [0.25, 0.3) is 0 Å². The normalized spacial score (nSPS) is 19.3. The maximum Gasteiger partial charge on any atom is 0.236 e. The van der Waals surface area contributed by atoms with E-state index >= 15 is 0 Å². The first-order chi connectivity index (χ1) is 5.99. The number of aliphatic hydroxyl groups is 1. The fraction of sp³-hybridized carbons (Fsp3) is 0.889. The van der Waals surface area contributed by atoms with E-state index in [0.29, 0.717) is 19.4 Å². The summed E-state index contributed by atoms with van der Waals surface area (Å²) < 4.78 is 0. The molecule has 4 heteroatoms. The monoisotopic (exact) mass is 186 g/mol. The first-order valence-electron chi connectivity index (χ1n) is 4.75. The van der Waals surface area contributed by atoms with Crippen molar-refractivity contribution in [1.29, 1.82) is 0 Å². The molecule has 0 atom stereocenters. The van der Waals surface area contributed by atoms with Gasteiger partial charge in [0.2, 0.25) is 5.91 Å². The Labute approximate surface area is 78.9 Å². The first kappa shape index (κ1) is 10.5. The van der Waals surface area contributed by atoms with Crippen molar-refractivity contribution < 1.29 is 9.90 Å². The maximum atomic E-state index is 11.3. The van der Waals surface area contributed by atoms with Crippen LogP contribution in [0.5, 0.6) is 0 Å². The molecule has 1 aliphatic rings. The molecule has 0 unspecified atom stereocenters. The summed E-state index contributed by atoms with van der Waals surface area (Å²) in [6.45, 7) is 4.95. The minimum Gasteiger partial charge on any atom is -0.390 e. The van der Waals surface area contributed by atoms with Crippen LogP contribution >= 0.6 is 0 Å². The van der Waals surface area contributed by atoms with Gasteiger partial charge in [-0.05, 0) is 26.7 Å². The van der Waals surface area contributed by atoms with Gasteiger partial charge in [0.1, 0.15) is 0 Å². The van der Waals surface area contributed by atoms with Crippen LogP contribution in [0, 0.1) is 0 Å². The van der Waals surface area contributed by atoms with Crippen molar-refractivity contribution in [3.63, 3.8) is 0 Å². The molecule has 0 bridgehead atoms. The Morgan fingerprint density at radius 2 is 2.31 bits per heavy atom. The Morgan fingerprint density at radius 1 is 1.62 bits per heavy atom. The zero-order valence-electron chi connectivity index (χ0n) is 8.34. The molecular formula is C9H18N2O2. The molecule has 1 saturated heterocycles. The van der Waals surface area contributed by atoms with E-state index in [1.54, 1.807) is 18.9 Å². The van der Waals surface area contributed by atoms with Crippen molar-refractivity contribution in [3.8, 4) is 0 Å². The number of carbonyl (C=O) groups excluding carboxylic acids is 1. The number of nitrogens with zero attached hydrogens (tertiary/aromatic N) is 1. The summed E-state index contributed by atoms with van der Waals surface area (Å²) in [4.78, 5) is 11.3. The second-order valence-electron chi connectivity index (χ2n) is 4.12. The quantitative estimate of drug-likeness (QED) is 0.665. The van der Waals surface area contributed by atoms with E-state index in [1.165, 1.54) is 0 Å². The van der Waals surface area contributed by atoms with E-state index in [4.69, 9.17) is 0 Å². The van der Waals surface area contributed by atoms with Crippen LogP contribution in [0.4, 0.5) is 0 Å². The Bertz CT molecular complexity index is 187. The van der Waals surface area contributed by atoms with E-state index < -0.39 is 5.60 Å². The lowest BCUT2D eigenvalue weighted by Gasteiger charge is -2.29. The molecule has 1 heterocycles. The topological polar surface area (TPSA) is 52.6 Å². The molecule has 0 aromatic heterocycles. The van der Waals surface area contributed by atoms with E-state index in [1.807, 2.05) is 0 Å². The molecule has 0 aliphatic carbocycles. The molecule has 1 rings (SSSR count). The maximum absolute atomic E-state index is 11.3. The van der Waals surface area contributed by atoms with Gasteiger partial charge in [-0.1, -0.05) is 0 Å². The lowest BCUT2D eigenvalue weighted by Crippen LogP contribution is -2.48. The summed E-state index contributed by atoms with van der Waals surface area (Å²) in [6.07, 6.45) is 2.14. The highest BCUT2D eigenvalue weighted by Gasteiger charge is 2.20. The Hall–Kier alpha value is -0.610. The zero-order valence-corrected chi connectivity index (χ0v) is 8.34. The lowest BCUT2D eigenvalue weighted by atomic mass is 10.1. The molecule has 1 fully saturated rings. The van der Waals surface area contributed by atoms with Gasteiger partial charge in [-0.3, -0.25) is 9.80 Å². The predicted molar refractivity (Wildman–Crippen MR) is 49.9 cm³/mol. The fourth-order valence-electron chi connectivity index (χ4n) is 1.27. The second-order valence-corrected chi connectivity index (χ2v) is 4.12. The molecule has 1 aliphatic heterocycles. The van der Waals surface area contributed by atoms with E-state index in [-0.39, 0.29) is 5.91 Å². The molecule has 0 spiro atoms. The van der Waals surface area contributed by atoms with Crippen molar-refractivity contribution >= 4 is 5.91 Å². The average molecular weight is 186 g/mol. The van der Waals surface area contributed by atoms with Crippen LogP contribution in [-0.2, 0) is 4.79 Å². The Kier molecular flexibility index (Phi) is 3.27. The highest BCUT2D eigenvalue weighted by atomic mass is 16.3. The van der Waals surface area contributed by atoms with Gasteiger partial charge < -0.3 is 5.11 Å². The lowest BCUT2D eigenvalue weighted by molar-refractivity contribution is -0.137. The second kappa shape index (κ2) is 4.07. The third-order valence-corrected chi connectivity index (χ3v) is 2.12. The van der Waals surface area contributed by atoms with Crippen molar-refractivity contribution in [1.82, 2.24) is 10.4 Å². The van der Waals surface area contributed by atoms with Crippen molar-refractivity contribution in [2.24, 2.45) is 0 Å². The van der Waals surface area contributed by atoms with Crippen molar-refractivity contribution in [2.45, 2.75) is 38.7 Å². The molecule has 4 nitrogen and oxygen atoms in total. The summed E-state index contributed by atoms with van der Waals surface area (Å²) in [5.41, 5.74) is 2.32. The number of hydrogen-bond acceptors (Lipinski definition) is 3. The third-order valence-electron chi connectivity index (χ3n) is 2.12. The van der Waals surface area contributed by atoms with Crippen LogP contribution in [0.2, 0.25) is 0 Å². The molecule has 2 N–H and O–H groups in total. The summed E-state index contributed by atoms with van der Waals surface area (Å²) in [7, 11) is 0. The standard InChI is InChI=1S/C9H18N2O2/c1-9(2,13)5-7-11-8(12)4-3-6-10-11/h10,13H,3-7H2,1-2H3. The SMILES string of the molecule is CC(C)(O)CCN1NCCCC1=O. The first-order valence-corrected chi connectivity index (χ1v) is 4.75. The minimum atomic E-state index is -0.695. The van der Waals surface area contributed by atoms with E-state index in [0.717, 1.165) is 13.0 Å². The summed E-state index contributed by atoms with van der Waals surface area (Å²) in [6, 6.07) is 0. The number of carbonyl (C=O) groups is 1. The zero-order chi connectivity index (χ0) is 9.90. The molecular weight excluding hydrogens is 168 g/mol. The van der Waals surface area contributed by atoms with Gasteiger partial charge in [-0.25, -0.2) is 5.43 Å². The molecule has 0 aromatic carbocycles. The van der Waals surface area contributed by atoms with Crippen LogP contribution in [0.1, 0.15) is 33.1 Å². The summed E-state index contributed by atoms with van der Waals surface area (Å²) in [5.74, 6) is 0.135. The number of hydrogen-bond donors (Lipinski definition) is 2. The number of nitrogens with one attached hydrogen (secondary N) is 1. The predicted octanol–water partition coefficient (Wildman–Crippen LogP) is 0.274. The van der Waals surface area contributed by atoms with Gasteiger partial charge in [0, 0.05) is 19.5 Å². The van der Waals surface area contributed by atoms with Gasteiger partial charge in [0.15, 0.2) is 0 Å². The Balaban J connectivity index is 2.31. The van der Waals surface area contributed by atoms with Crippen LogP contribution in [0.15, 0.2) is 0 Å². The van der Waals surface area contributed by atoms with Crippen LogP contribution in [-0.4, -0.2) is 34.7 Å². The van der Waals surface area contributed by atoms with Gasteiger partial charge >= 0.3 is 0 Å². The fourth-order valence-corrected chi connectivity index (χ4v) is 1.27. The number of amides is 1. The molecule has 76 valence electrons. The third kappa shape index (κ3) is 3.74. The van der Waals surface area contributed by atoms with Gasteiger partial charge in [0.25, 0.3) is 0 Å². The molecule has 0 radical (unpaired) electrons. The number of rotatable bonds is 3. The van der Waals surface area contributed by atoms with Crippen molar-refractivity contribution in [2.75, 3.05) is 13.1 Å². The average Bonchev–Trinajstić information content (AvgIpc) is 2.01. The minimum absolute atomic E-state index is 0.135. The smallest absolute Gasteiger partial charge is 0.236 e. The number of hydrazine groups is 1. The van der Waals surface area contributed by atoms with E-state index in [9.17, 15) is 9.90 Å². The van der Waals surface area contributed by atoms with Crippen LogP contribution < -0.4 is 5.43 Å². The largest absolute Gasteiger partial charge is 0.390 e. The molecule has 0 aromatic rings. The van der Waals surface area contributed by atoms with E-state index in [2.05, 4.69) is 5.43 Å². The van der Waals surface area contributed by atoms with Crippen LogP contribution in [0.3, 0.4) is 0 Å². The van der Waals surface area contributed by atoms with Gasteiger partial charge in [0.05, 0.1) is 5.60 Å².